The van der Waals surface area contributed by atoms with Gasteiger partial charge in [-0.15, -0.1) is 0 Å². The Bertz CT molecular complexity index is 392. The molecule has 0 aliphatic carbocycles. The summed E-state index contributed by atoms with van der Waals surface area (Å²) in [6.07, 6.45) is 2.57. The lowest BCUT2D eigenvalue weighted by atomic mass is 10.2. The van der Waals surface area contributed by atoms with Gasteiger partial charge in [0.05, 0.1) is 6.20 Å². The lowest BCUT2D eigenvalue weighted by Gasteiger charge is -2.17. The summed E-state index contributed by atoms with van der Waals surface area (Å²) >= 11 is 0. The van der Waals surface area contributed by atoms with E-state index in [0.29, 0.717) is 18.7 Å². The summed E-state index contributed by atoms with van der Waals surface area (Å²) in [5.74, 6) is -0.461. The van der Waals surface area contributed by atoms with Crippen LogP contribution in [0.5, 0.6) is 0 Å². The number of hydrogen-bond donors (Lipinski definition) is 0. The van der Waals surface area contributed by atoms with Crippen LogP contribution >= 0.6 is 0 Å². The lowest BCUT2D eigenvalue weighted by molar-refractivity contribution is 0.0963. The van der Waals surface area contributed by atoms with Crippen LogP contribution in [0.1, 0.15) is 23.3 Å². The van der Waals surface area contributed by atoms with E-state index >= 15 is 0 Å². The Kier molecular flexibility index (Phi) is 6.59. The molecule has 106 valence electrons. The molecule has 0 aromatic carbocycles. The van der Waals surface area contributed by atoms with Crippen molar-refractivity contribution in [1.29, 1.82) is 0 Å². The summed E-state index contributed by atoms with van der Waals surface area (Å²) in [6, 6.07) is 2.70. The third kappa shape index (κ3) is 6.40. The van der Waals surface area contributed by atoms with Gasteiger partial charge < -0.3 is 9.80 Å². The quantitative estimate of drug-likeness (QED) is 0.671. The Labute approximate surface area is 114 Å². The van der Waals surface area contributed by atoms with Crippen LogP contribution in [0.25, 0.3) is 0 Å². The van der Waals surface area contributed by atoms with Gasteiger partial charge in [0, 0.05) is 13.0 Å². The van der Waals surface area contributed by atoms with Crippen molar-refractivity contribution in [2.75, 3.05) is 40.8 Å². The summed E-state index contributed by atoms with van der Waals surface area (Å²) in [4.78, 5) is 19.9. The van der Waals surface area contributed by atoms with Crippen molar-refractivity contribution in [3.8, 4) is 0 Å². The third-order valence-electron chi connectivity index (χ3n) is 2.88. The van der Waals surface area contributed by atoms with Crippen molar-refractivity contribution < 1.29 is 9.18 Å². The average molecular weight is 267 g/mol. The maximum absolute atomic E-state index is 12.7. The van der Waals surface area contributed by atoms with Crippen LogP contribution in [-0.4, -0.2) is 61.3 Å². The molecule has 4 nitrogen and oxygen atoms in total. The second kappa shape index (κ2) is 7.96. The van der Waals surface area contributed by atoms with Crippen molar-refractivity contribution >= 4 is 5.78 Å². The molecule has 0 spiro atoms. The van der Waals surface area contributed by atoms with E-state index < -0.39 is 5.82 Å². The number of Topliss-reactive ketones (excluding diaryl/α,β-unsaturated/α-hetero) is 1. The molecule has 0 amide bonds. The SMILES string of the molecule is CN(C)CCCN(C)CCC(=O)c1ccc(F)cn1. The summed E-state index contributed by atoms with van der Waals surface area (Å²) < 4.78 is 12.7. The number of rotatable bonds is 8. The molecule has 0 saturated carbocycles. The molecule has 0 radical (unpaired) electrons. The highest BCUT2D eigenvalue weighted by Crippen LogP contribution is 2.03. The molecular weight excluding hydrogens is 245 g/mol. The van der Waals surface area contributed by atoms with Gasteiger partial charge in [0.1, 0.15) is 11.5 Å². The maximum Gasteiger partial charge on any atom is 0.182 e. The van der Waals surface area contributed by atoms with Gasteiger partial charge >= 0.3 is 0 Å². The van der Waals surface area contributed by atoms with Gasteiger partial charge in [0.15, 0.2) is 5.78 Å². The third-order valence-corrected chi connectivity index (χ3v) is 2.88. The van der Waals surface area contributed by atoms with Crippen LogP contribution in [0.4, 0.5) is 4.39 Å². The van der Waals surface area contributed by atoms with Crippen molar-refractivity contribution in [2.24, 2.45) is 0 Å². The smallest absolute Gasteiger partial charge is 0.182 e. The molecular formula is C14H22FN3O. The van der Waals surface area contributed by atoms with Crippen LogP contribution in [0.15, 0.2) is 18.3 Å². The van der Waals surface area contributed by atoms with Crippen molar-refractivity contribution in [1.82, 2.24) is 14.8 Å². The van der Waals surface area contributed by atoms with Crippen molar-refractivity contribution in [3.63, 3.8) is 0 Å². The van der Waals surface area contributed by atoms with E-state index in [1.165, 1.54) is 12.1 Å². The Hall–Kier alpha value is -1.33. The number of halogens is 1. The minimum absolute atomic E-state index is 0.0422. The van der Waals surface area contributed by atoms with Gasteiger partial charge in [0.25, 0.3) is 0 Å². The number of pyridine rings is 1. The Morgan fingerprint density at radius 1 is 1.21 bits per heavy atom. The lowest BCUT2D eigenvalue weighted by Crippen LogP contribution is -2.26. The largest absolute Gasteiger partial charge is 0.309 e. The molecule has 0 atom stereocenters. The van der Waals surface area contributed by atoms with E-state index in [0.717, 1.165) is 25.7 Å². The molecule has 0 fully saturated rings. The molecule has 1 heterocycles. The Balaban J connectivity index is 2.27. The first-order valence-corrected chi connectivity index (χ1v) is 6.47. The fourth-order valence-electron chi connectivity index (χ4n) is 1.73. The number of aromatic nitrogens is 1. The first kappa shape index (κ1) is 15.7. The average Bonchev–Trinajstić information content (AvgIpc) is 2.36. The molecule has 0 unspecified atom stereocenters. The summed E-state index contributed by atoms with van der Waals surface area (Å²) in [5, 5.41) is 0. The van der Waals surface area contributed by atoms with Crippen LogP contribution in [0.3, 0.4) is 0 Å². The number of carbonyl (C=O) groups excluding carboxylic acids is 1. The zero-order valence-corrected chi connectivity index (χ0v) is 11.9. The van der Waals surface area contributed by atoms with E-state index in [1.54, 1.807) is 0 Å². The molecule has 1 aromatic rings. The second-order valence-electron chi connectivity index (χ2n) is 4.99. The predicted octanol–water partition coefficient (Wildman–Crippen LogP) is 1.68. The van der Waals surface area contributed by atoms with Crippen LogP contribution < -0.4 is 0 Å². The summed E-state index contributed by atoms with van der Waals surface area (Å²) in [6.45, 7) is 2.70. The highest BCUT2D eigenvalue weighted by molar-refractivity contribution is 5.94. The van der Waals surface area contributed by atoms with E-state index in [-0.39, 0.29) is 5.78 Å². The molecule has 0 saturated heterocycles. The number of carbonyl (C=O) groups is 1. The normalized spacial score (nSPS) is 11.3. The number of ketones is 1. The minimum atomic E-state index is -0.419. The molecule has 0 aliphatic rings. The number of nitrogens with zero attached hydrogens (tertiary/aromatic N) is 3. The number of hydrogen-bond acceptors (Lipinski definition) is 4. The second-order valence-corrected chi connectivity index (χ2v) is 4.99. The molecule has 19 heavy (non-hydrogen) atoms. The summed E-state index contributed by atoms with van der Waals surface area (Å²) in [5.41, 5.74) is 0.336. The zero-order valence-electron chi connectivity index (χ0n) is 11.9. The molecule has 1 aromatic heterocycles. The van der Waals surface area contributed by atoms with Crippen molar-refractivity contribution in [2.45, 2.75) is 12.8 Å². The van der Waals surface area contributed by atoms with E-state index in [9.17, 15) is 9.18 Å². The predicted molar refractivity (Wildman–Crippen MR) is 73.8 cm³/mol. The Morgan fingerprint density at radius 3 is 2.53 bits per heavy atom. The van der Waals surface area contributed by atoms with E-state index in [4.69, 9.17) is 0 Å². The van der Waals surface area contributed by atoms with Gasteiger partial charge in [-0.2, -0.15) is 0 Å². The maximum atomic E-state index is 12.7. The highest BCUT2D eigenvalue weighted by atomic mass is 19.1. The fraction of sp³-hybridized carbons (Fsp3) is 0.571. The van der Waals surface area contributed by atoms with E-state index in [1.807, 2.05) is 21.1 Å². The van der Waals surface area contributed by atoms with Crippen molar-refractivity contribution in [3.05, 3.63) is 29.8 Å². The topological polar surface area (TPSA) is 36.4 Å². The zero-order chi connectivity index (χ0) is 14.3. The van der Waals surface area contributed by atoms with Gasteiger partial charge in [-0.25, -0.2) is 4.39 Å². The highest BCUT2D eigenvalue weighted by Gasteiger charge is 2.09. The molecule has 5 heteroatoms. The fourth-order valence-corrected chi connectivity index (χ4v) is 1.73. The molecule has 0 N–H and O–H groups in total. The molecule has 1 rings (SSSR count). The van der Waals surface area contributed by atoms with Crippen LogP contribution in [0.2, 0.25) is 0 Å². The Morgan fingerprint density at radius 2 is 1.95 bits per heavy atom. The first-order valence-electron chi connectivity index (χ1n) is 6.47. The van der Waals surface area contributed by atoms with Gasteiger partial charge in [-0.3, -0.25) is 9.78 Å². The van der Waals surface area contributed by atoms with Gasteiger partial charge in [-0.05, 0) is 52.8 Å². The molecule has 0 aliphatic heterocycles. The van der Waals surface area contributed by atoms with Gasteiger partial charge in [0.2, 0.25) is 0 Å². The standard InChI is InChI=1S/C14H22FN3O/c1-17(2)8-4-9-18(3)10-7-14(19)13-6-5-12(15)11-16-13/h5-6,11H,4,7-10H2,1-3H3. The van der Waals surface area contributed by atoms with E-state index in [2.05, 4.69) is 14.8 Å². The monoisotopic (exact) mass is 267 g/mol. The van der Waals surface area contributed by atoms with Crippen LogP contribution in [0, 0.1) is 5.82 Å². The van der Waals surface area contributed by atoms with Gasteiger partial charge in [-0.1, -0.05) is 0 Å². The minimum Gasteiger partial charge on any atom is -0.309 e. The first-order chi connectivity index (χ1) is 8.99. The summed E-state index contributed by atoms with van der Waals surface area (Å²) in [7, 11) is 6.09. The van der Waals surface area contributed by atoms with Crippen LogP contribution in [-0.2, 0) is 0 Å². The molecule has 0 bridgehead atoms.